The normalized spacial score (nSPS) is 20.2. The fourth-order valence-electron chi connectivity index (χ4n) is 3.14. The molecule has 1 amide bonds. The van der Waals surface area contributed by atoms with Crippen LogP contribution in [-0.4, -0.2) is 38.8 Å². The topological polar surface area (TPSA) is 68.5 Å². The van der Waals surface area contributed by atoms with Gasteiger partial charge in [-0.2, -0.15) is 0 Å². The van der Waals surface area contributed by atoms with Gasteiger partial charge >= 0.3 is 0 Å². The standard InChI is InChI=1S/C18H22FN3O3S/c1-12-4-3-5-13(2)22(12)17(23)11-26-18-21-20-16(25-18)10-24-15-8-6-14(19)7-9-15/h6-9,12-13H,3-5,10-11H2,1-2H3/t12-,13+. The first kappa shape index (κ1) is 18.7. The van der Waals surface area contributed by atoms with E-state index in [1.807, 2.05) is 4.90 Å². The van der Waals surface area contributed by atoms with Crippen molar-refractivity contribution >= 4 is 17.7 Å². The van der Waals surface area contributed by atoms with Crippen molar-refractivity contribution in [3.63, 3.8) is 0 Å². The second kappa shape index (κ2) is 8.53. The molecule has 0 spiro atoms. The molecule has 2 atom stereocenters. The zero-order valence-electron chi connectivity index (χ0n) is 14.9. The number of nitrogens with zero attached hydrogens (tertiary/aromatic N) is 3. The highest BCUT2D eigenvalue weighted by molar-refractivity contribution is 7.99. The van der Waals surface area contributed by atoms with E-state index in [-0.39, 0.29) is 36.2 Å². The number of hydrogen-bond acceptors (Lipinski definition) is 6. The van der Waals surface area contributed by atoms with Gasteiger partial charge in [0, 0.05) is 12.1 Å². The molecule has 0 unspecified atom stereocenters. The summed E-state index contributed by atoms with van der Waals surface area (Å²) in [6.07, 6.45) is 3.26. The van der Waals surface area contributed by atoms with Gasteiger partial charge in [-0.05, 0) is 57.4 Å². The lowest BCUT2D eigenvalue weighted by atomic mass is 9.98. The number of aromatic nitrogens is 2. The summed E-state index contributed by atoms with van der Waals surface area (Å²) in [6, 6.07) is 6.24. The van der Waals surface area contributed by atoms with Gasteiger partial charge in [-0.25, -0.2) is 4.39 Å². The van der Waals surface area contributed by atoms with E-state index in [0.717, 1.165) is 12.8 Å². The molecule has 0 bridgehead atoms. The zero-order chi connectivity index (χ0) is 18.5. The molecule has 1 aromatic heterocycles. The van der Waals surface area contributed by atoms with E-state index >= 15 is 0 Å². The molecule has 1 saturated heterocycles. The van der Waals surface area contributed by atoms with Gasteiger partial charge in [-0.3, -0.25) is 4.79 Å². The van der Waals surface area contributed by atoms with E-state index in [1.54, 1.807) is 0 Å². The van der Waals surface area contributed by atoms with Crippen molar-refractivity contribution in [1.82, 2.24) is 15.1 Å². The first-order valence-electron chi connectivity index (χ1n) is 8.67. The Morgan fingerprint density at radius 3 is 2.65 bits per heavy atom. The molecule has 2 aromatic rings. The SMILES string of the molecule is C[C@@H]1CCC[C@H](C)N1C(=O)CSc1nnc(COc2ccc(F)cc2)o1. The summed E-state index contributed by atoms with van der Waals surface area (Å²) < 4.78 is 23.8. The van der Waals surface area contributed by atoms with Gasteiger partial charge in [0.1, 0.15) is 11.6 Å². The second-order valence-corrected chi connectivity index (χ2v) is 7.35. The molecule has 1 aromatic carbocycles. The minimum absolute atomic E-state index is 0.0906. The maximum atomic E-state index is 12.9. The van der Waals surface area contributed by atoms with Crippen molar-refractivity contribution in [2.75, 3.05) is 5.75 Å². The number of thioether (sulfide) groups is 1. The first-order valence-corrected chi connectivity index (χ1v) is 9.66. The fourth-order valence-corrected chi connectivity index (χ4v) is 3.79. The maximum absolute atomic E-state index is 12.9. The van der Waals surface area contributed by atoms with E-state index in [9.17, 15) is 9.18 Å². The van der Waals surface area contributed by atoms with Gasteiger partial charge < -0.3 is 14.1 Å². The molecule has 0 radical (unpaired) electrons. The molecule has 1 aliphatic heterocycles. The third-order valence-corrected chi connectivity index (χ3v) is 5.23. The van der Waals surface area contributed by atoms with Crippen molar-refractivity contribution in [3.8, 4) is 5.75 Å². The molecule has 26 heavy (non-hydrogen) atoms. The average molecular weight is 379 g/mol. The van der Waals surface area contributed by atoms with Crippen LogP contribution in [0.15, 0.2) is 33.9 Å². The van der Waals surface area contributed by atoms with Gasteiger partial charge in [0.15, 0.2) is 6.61 Å². The Morgan fingerprint density at radius 1 is 1.27 bits per heavy atom. The quantitative estimate of drug-likeness (QED) is 0.714. The van der Waals surface area contributed by atoms with Crippen LogP contribution in [0.3, 0.4) is 0 Å². The number of rotatable bonds is 6. The number of carbonyl (C=O) groups is 1. The number of amides is 1. The van der Waals surface area contributed by atoms with Crippen LogP contribution in [0.4, 0.5) is 4.39 Å². The number of hydrogen-bond donors (Lipinski definition) is 0. The van der Waals surface area contributed by atoms with Crippen molar-refractivity contribution < 1.29 is 18.3 Å². The molecule has 0 N–H and O–H groups in total. The molecule has 0 aliphatic carbocycles. The van der Waals surface area contributed by atoms with Crippen molar-refractivity contribution in [1.29, 1.82) is 0 Å². The highest BCUT2D eigenvalue weighted by Gasteiger charge is 2.29. The van der Waals surface area contributed by atoms with E-state index in [1.165, 1.54) is 42.4 Å². The fraction of sp³-hybridized carbons (Fsp3) is 0.500. The smallest absolute Gasteiger partial charge is 0.277 e. The van der Waals surface area contributed by atoms with Crippen LogP contribution < -0.4 is 4.74 Å². The summed E-state index contributed by atoms with van der Waals surface area (Å²) in [7, 11) is 0. The predicted octanol–water partition coefficient (Wildman–Crippen LogP) is 3.67. The van der Waals surface area contributed by atoms with E-state index in [2.05, 4.69) is 24.0 Å². The van der Waals surface area contributed by atoms with Crippen LogP contribution in [0.25, 0.3) is 0 Å². The maximum Gasteiger partial charge on any atom is 0.277 e. The average Bonchev–Trinajstić information content (AvgIpc) is 3.07. The van der Waals surface area contributed by atoms with Gasteiger partial charge in [0.25, 0.3) is 11.1 Å². The lowest BCUT2D eigenvalue weighted by molar-refractivity contribution is -0.134. The van der Waals surface area contributed by atoms with E-state index < -0.39 is 0 Å². The van der Waals surface area contributed by atoms with Gasteiger partial charge in [-0.1, -0.05) is 11.8 Å². The summed E-state index contributed by atoms with van der Waals surface area (Å²) in [4.78, 5) is 14.5. The summed E-state index contributed by atoms with van der Waals surface area (Å²) in [5, 5.41) is 8.18. The van der Waals surface area contributed by atoms with Crippen LogP contribution in [-0.2, 0) is 11.4 Å². The Morgan fingerprint density at radius 2 is 1.96 bits per heavy atom. The third kappa shape index (κ3) is 4.75. The molecule has 140 valence electrons. The molecule has 6 nitrogen and oxygen atoms in total. The highest BCUT2D eigenvalue weighted by Crippen LogP contribution is 2.25. The minimum atomic E-state index is -0.323. The van der Waals surface area contributed by atoms with Gasteiger partial charge in [0.2, 0.25) is 5.91 Å². The number of carbonyl (C=O) groups excluding carboxylic acids is 1. The lowest BCUT2D eigenvalue weighted by Gasteiger charge is -2.39. The predicted molar refractivity (Wildman–Crippen MR) is 95.4 cm³/mol. The van der Waals surface area contributed by atoms with Gasteiger partial charge in [-0.15, -0.1) is 10.2 Å². The summed E-state index contributed by atoms with van der Waals surface area (Å²) >= 11 is 1.23. The Balaban J connectivity index is 1.48. The van der Waals surface area contributed by atoms with Crippen LogP contribution in [0, 0.1) is 5.82 Å². The molecular formula is C18H22FN3O3S. The lowest BCUT2D eigenvalue weighted by Crippen LogP contribution is -2.48. The van der Waals surface area contributed by atoms with E-state index in [4.69, 9.17) is 9.15 Å². The largest absolute Gasteiger partial charge is 0.484 e. The molecule has 1 fully saturated rings. The molecule has 8 heteroatoms. The third-order valence-electron chi connectivity index (χ3n) is 4.42. The second-order valence-electron chi connectivity index (χ2n) is 6.42. The summed E-state index contributed by atoms with van der Waals surface area (Å²) in [6.45, 7) is 4.28. The Hall–Kier alpha value is -2.09. The first-order chi connectivity index (χ1) is 12.5. The molecule has 1 aliphatic rings. The number of piperidine rings is 1. The Kier molecular flexibility index (Phi) is 6.13. The van der Waals surface area contributed by atoms with Crippen molar-refractivity contribution in [2.24, 2.45) is 0 Å². The monoisotopic (exact) mass is 379 g/mol. The van der Waals surface area contributed by atoms with Crippen LogP contribution in [0.1, 0.15) is 39.0 Å². The minimum Gasteiger partial charge on any atom is -0.484 e. The number of benzene rings is 1. The number of likely N-dealkylation sites (tertiary alicyclic amines) is 1. The summed E-state index contributed by atoms with van der Waals surface area (Å²) in [5.41, 5.74) is 0. The van der Waals surface area contributed by atoms with Gasteiger partial charge in [0.05, 0.1) is 5.75 Å². The van der Waals surface area contributed by atoms with Crippen molar-refractivity contribution in [3.05, 3.63) is 36.0 Å². The Labute approximate surface area is 156 Å². The van der Waals surface area contributed by atoms with E-state index in [0.29, 0.717) is 16.9 Å². The molecule has 2 heterocycles. The molecule has 0 saturated carbocycles. The number of halogens is 1. The summed E-state index contributed by atoms with van der Waals surface area (Å²) in [5.74, 6) is 0.869. The van der Waals surface area contributed by atoms with Crippen LogP contribution in [0.2, 0.25) is 0 Å². The van der Waals surface area contributed by atoms with Crippen LogP contribution >= 0.6 is 11.8 Å². The molecule has 3 rings (SSSR count). The Bertz CT molecular complexity index is 728. The van der Waals surface area contributed by atoms with Crippen LogP contribution in [0.5, 0.6) is 5.75 Å². The van der Waals surface area contributed by atoms with Crippen molar-refractivity contribution in [2.45, 2.75) is 57.0 Å². The highest BCUT2D eigenvalue weighted by atomic mass is 32.2. The zero-order valence-corrected chi connectivity index (χ0v) is 15.7. The molecular weight excluding hydrogens is 357 g/mol. The number of ether oxygens (including phenoxy) is 1.